The molecular formula is C13H15BrN2S. The number of rotatable bonds is 5. The van der Waals surface area contributed by atoms with Gasteiger partial charge < -0.3 is 11.1 Å². The molecule has 0 spiro atoms. The average molecular weight is 311 g/mol. The highest BCUT2D eigenvalue weighted by molar-refractivity contribution is 9.11. The third-order valence-corrected chi connectivity index (χ3v) is 4.17. The van der Waals surface area contributed by atoms with Crippen molar-refractivity contribution >= 4 is 33.0 Å². The zero-order chi connectivity index (χ0) is 12.1. The van der Waals surface area contributed by atoms with E-state index in [9.17, 15) is 0 Å². The first-order valence-corrected chi connectivity index (χ1v) is 7.14. The van der Waals surface area contributed by atoms with E-state index < -0.39 is 0 Å². The minimum atomic E-state index is 0.817. The topological polar surface area (TPSA) is 38.0 Å². The molecule has 0 aliphatic heterocycles. The van der Waals surface area contributed by atoms with Crippen molar-refractivity contribution in [1.82, 2.24) is 5.32 Å². The summed E-state index contributed by atoms with van der Waals surface area (Å²) in [6.45, 7) is 1.89. The fraction of sp³-hybridized carbons (Fsp3) is 0.231. The highest BCUT2D eigenvalue weighted by Gasteiger charge is 1.97. The van der Waals surface area contributed by atoms with Crippen LogP contribution in [0.5, 0.6) is 0 Å². The average Bonchev–Trinajstić information content (AvgIpc) is 2.73. The van der Waals surface area contributed by atoms with Crippen LogP contribution in [0.25, 0.3) is 0 Å². The monoisotopic (exact) mass is 310 g/mol. The summed E-state index contributed by atoms with van der Waals surface area (Å²) in [5, 5.41) is 3.43. The van der Waals surface area contributed by atoms with Gasteiger partial charge in [-0.05, 0) is 52.2 Å². The Labute approximate surface area is 114 Å². The van der Waals surface area contributed by atoms with E-state index in [0.717, 1.165) is 25.2 Å². The Morgan fingerprint density at radius 1 is 1.12 bits per heavy atom. The van der Waals surface area contributed by atoms with Crippen LogP contribution < -0.4 is 11.1 Å². The minimum absolute atomic E-state index is 0.817. The van der Waals surface area contributed by atoms with Gasteiger partial charge in [0.2, 0.25) is 0 Å². The lowest BCUT2D eigenvalue weighted by atomic mass is 10.2. The van der Waals surface area contributed by atoms with Crippen molar-refractivity contribution in [1.29, 1.82) is 0 Å². The van der Waals surface area contributed by atoms with Crippen molar-refractivity contribution in [3.8, 4) is 0 Å². The van der Waals surface area contributed by atoms with E-state index in [1.54, 1.807) is 11.3 Å². The lowest BCUT2D eigenvalue weighted by Gasteiger charge is -2.04. The SMILES string of the molecule is Nc1ccc(CNCCc2ccc(Br)s2)cc1. The van der Waals surface area contributed by atoms with E-state index >= 15 is 0 Å². The molecule has 0 bridgehead atoms. The van der Waals surface area contributed by atoms with Crippen LogP contribution in [0.2, 0.25) is 0 Å². The maximum absolute atomic E-state index is 5.64. The number of anilines is 1. The highest BCUT2D eigenvalue weighted by atomic mass is 79.9. The number of nitrogens with two attached hydrogens (primary N) is 1. The smallest absolute Gasteiger partial charge is 0.0701 e. The number of benzene rings is 1. The third kappa shape index (κ3) is 4.15. The summed E-state index contributed by atoms with van der Waals surface area (Å²) in [4.78, 5) is 1.40. The van der Waals surface area contributed by atoms with E-state index in [0.29, 0.717) is 0 Å². The Hall–Kier alpha value is -0.840. The molecule has 0 aliphatic carbocycles. The molecule has 0 saturated carbocycles. The van der Waals surface area contributed by atoms with Gasteiger partial charge in [-0.25, -0.2) is 0 Å². The third-order valence-electron chi connectivity index (χ3n) is 2.49. The van der Waals surface area contributed by atoms with E-state index in [2.05, 4.69) is 45.5 Å². The maximum Gasteiger partial charge on any atom is 0.0701 e. The first-order valence-electron chi connectivity index (χ1n) is 5.53. The number of hydrogen-bond donors (Lipinski definition) is 2. The van der Waals surface area contributed by atoms with Gasteiger partial charge in [0.15, 0.2) is 0 Å². The summed E-state index contributed by atoms with van der Waals surface area (Å²) in [6, 6.07) is 12.3. The Morgan fingerprint density at radius 2 is 1.88 bits per heavy atom. The molecule has 2 nitrogen and oxygen atoms in total. The molecule has 0 saturated heterocycles. The number of thiophene rings is 1. The van der Waals surface area contributed by atoms with Gasteiger partial charge in [0, 0.05) is 23.7 Å². The van der Waals surface area contributed by atoms with Crippen LogP contribution in [-0.4, -0.2) is 6.54 Å². The van der Waals surface area contributed by atoms with Gasteiger partial charge in [-0.3, -0.25) is 0 Å². The van der Waals surface area contributed by atoms with Crippen LogP contribution in [0.1, 0.15) is 10.4 Å². The molecule has 90 valence electrons. The summed E-state index contributed by atoms with van der Waals surface area (Å²) in [5.74, 6) is 0. The fourth-order valence-corrected chi connectivity index (χ4v) is 3.05. The Kier molecular flexibility index (Phi) is 4.59. The van der Waals surface area contributed by atoms with Crippen molar-refractivity contribution in [3.63, 3.8) is 0 Å². The van der Waals surface area contributed by atoms with Crippen LogP contribution in [0.15, 0.2) is 40.2 Å². The van der Waals surface area contributed by atoms with E-state index in [1.807, 2.05) is 12.1 Å². The van der Waals surface area contributed by atoms with E-state index in [1.165, 1.54) is 14.2 Å². The van der Waals surface area contributed by atoms with Crippen molar-refractivity contribution < 1.29 is 0 Å². The van der Waals surface area contributed by atoms with Crippen LogP contribution in [-0.2, 0) is 13.0 Å². The van der Waals surface area contributed by atoms with Gasteiger partial charge in [-0.1, -0.05) is 12.1 Å². The second-order valence-corrected chi connectivity index (χ2v) is 6.42. The van der Waals surface area contributed by atoms with Gasteiger partial charge in [-0.15, -0.1) is 11.3 Å². The molecule has 0 radical (unpaired) electrons. The van der Waals surface area contributed by atoms with Gasteiger partial charge in [-0.2, -0.15) is 0 Å². The summed E-state index contributed by atoms with van der Waals surface area (Å²) >= 11 is 5.27. The normalized spacial score (nSPS) is 10.6. The molecule has 0 fully saturated rings. The van der Waals surface area contributed by atoms with E-state index in [-0.39, 0.29) is 0 Å². The molecule has 2 rings (SSSR count). The predicted octanol–water partition coefficient (Wildman–Crippen LogP) is 3.43. The van der Waals surface area contributed by atoms with Crippen LogP contribution >= 0.6 is 27.3 Å². The second kappa shape index (κ2) is 6.19. The molecule has 0 aliphatic rings. The molecule has 0 amide bonds. The van der Waals surface area contributed by atoms with Crippen molar-refractivity contribution in [3.05, 3.63) is 50.6 Å². The molecule has 1 heterocycles. The summed E-state index contributed by atoms with van der Waals surface area (Å²) < 4.78 is 1.20. The van der Waals surface area contributed by atoms with Crippen LogP contribution in [0, 0.1) is 0 Å². The molecule has 2 aromatic rings. The van der Waals surface area contributed by atoms with Gasteiger partial charge >= 0.3 is 0 Å². The maximum atomic E-state index is 5.64. The zero-order valence-electron chi connectivity index (χ0n) is 9.45. The number of hydrogen-bond acceptors (Lipinski definition) is 3. The molecule has 4 heteroatoms. The van der Waals surface area contributed by atoms with Crippen LogP contribution in [0.4, 0.5) is 5.69 Å². The zero-order valence-corrected chi connectivity index (χ0v) is 11.9. The number of nitrogen functional groups attached to an aromatic ring is 1. The largest absolute Gasteiger partial charge is 0.399 e. The lowest BCUT2D eigenvalue weighted by Crippen LogP contribution is -2.16. The molecule has 0 unspecified atom stereocenters. The molecule has 3 N–H and O–H groups in total. The fourth-order valence-electron chi connectivity index (χ4n) is 1.57. The number of nitrogens with one attached hydrogen (secondary N) is 1. The quantitative estimate of drug-likeness (QED) is 0.656. The standard InChI is InChI=1S/C13H15BrN2S/c14-13-6-5-12(17-13)7-8-16-9-10-1-3-11(15)4-2-10/h1-6,16H,7-9,15H2. The summed E-state index contributed by atoms with van der Waals surface area (Å²) in [5.41, 5.74) is 7.72. The van der Waals surface area contributed by atoms with Crippen LogP contribution in [0.3, 0.4) is 0 Å². The predicted molar refractivity (Wildman–Crippen MR) is 78.3 cm³/mol. The molecule has 1 aromatic carbocycles. The van der Waals surface area contributed by atoms with Crippen molar-refractivity contribution in [2.24, 2.45) is 0 Å². The Balaban J connectivity index is 1.71. The Morgan fingerprint density at radius 3 is 2.53 bits per heavy atom. The second-order valence-electron chi connectivity index (χ2n) is 3.87. The molecule has 1 aromatic heterocycles. The lowest BCUT2D eigenvalue weighted by molar-refractivity contribution is 0.691. The number of halogens is 1. The van der Waals surface area contributed by atoms with Crippen molar-refractivity contribution in [2.75, 3.05) is 12.3 Å². The first kappa shape index (κ1) is 12.6. The van der Waals surface area contributed by atoms with Gasteiger partial charge in [0.05, 0.1) is 3.79 Å². The van der Waals surface area contributed by atoms with Gasteiger partial charge in [0.25, 0.3) is 0 Å². The molecular weight excluding hydrogens is 296 g/mol. The first-order chi connectivity index (χ1) is 8.24. The van der Waals surface area contributed by atoms with Crippen molar-refractivity contribution in [2.45, 2.75) is 13.0 Å². The summed E-state index contributed by atoms with van der Waals surface area (Å²) in [7, 11) is 0. The molecule has 17 heavy (non-hydrogen) atoms. The van der Waals surface area contributed by atoms with Gasteiger partial charge in [0.1, 0.15) is 0 Å². The summed E-state index contributed by atoms with van der Waals surface area (Å²) in [6.07, 6.45) is 1.07. The van der Waals surface area contributed by atoms with E-state index in [4.69, 9.17) is 5.73 Å². The minimum Gasteiger partial charge on any atom is -0.399 e. The molecule has 0 atom stereocenters. The Bertz CT molecular complexity index is 465. The highest BCUT2D eigenvalue weighted by Crippen LogP contribution is 2.22.